The Hall–Kier alpha value is -1.47. The minimum atomic E-state index is -3.59. The minimum absolute atomic E-state index is 0.245. The molecule has 5 nitrogen and oxygen atoms in total. The van der Waals surface area contributed by atoms with E-state index >= 15 is 0 Å². The lowest BCUT2D eigenvalue weighted by Crippen LogP contribution is -2.12. The fourth-order valence-electron chi connectivity index (χ4n) is 2.41. The molecule has 23 heavy (non-hydrogen) atoms. The van der Waals surface area contributed by atoms with Crippen molar-refractivity contribution in [2.24, 2.45) is 0 Å². The molecular weight excluding hydrogens is 330 g/mol. The van der Waals surface area contributed by atoms with Crippen LogP contribution in [0.2, 0.25) is 0 Å². The van der Waals surface area contributed by atoms with Gasteiger partial charge in [-0.2, -0.15) is 0 Å². The van der Waals surface area contributed by atoms with Crippen molar-refractivity contribution in [2.45, 2.75) is 56.8 Å². The molecule has 0 aliphatic rings. The van der Waals surface area contributed by atoms with E-state index < -0.39 is 10.0 Å². The van der Waals surface area contributed by atoms with Gasteiger partial charge in [-0.05, 0) is 30.0 Å². The van der Waals surface area contributed by atoms with Crippen LogP contribution in [0.15, 0.2) is 34.7 Å². The molecule has 0 aliphatic heterocycles. The lowest BCUT2D eigenvalue weighted by atomic mass is 9.95. The number of unbranched alkanes of at least 4 members (excludes halogenated alkanes) is 3. The van der Waals surface area contributed by atoms with E-state index in [2.05, 4.69) is 28.8 Å². The molecular formula is C16H23N3O2S2. The van der Waals surface area contributed by atoms with E-state index in [0.717, 1.165) is 17.8 Å². The molecule has 1 aromatic heterocycles. The highest BCUT2D eigenvalue weighted by atomic mass is 32.2. The Kier molecular flexibility index (Phi) is 6.53. The van der Waals surface area contributed by atoms with Gasteiger partial charge in [0.05, 0.1) is 4.90 Å². The SMILES string of the molecule is CCCCCCC(C)c1ccc(S(=O)(=O)Nc2nncs2)cc1. The molecule has 126 valence electrons. The van der Waals surface area contributed by atoms with E-state index in [-0.39, 0.29) is 10.0 Å². The summed E-state index contributed by atoms with van der Waals surface area (Å²) >= 11 is 1.15. The van der Waals surface area contributed by atoms with E-state index in [0.29, 0.717) is 5.92 Å². The third-order valence-corrected chi connectivity index (χ3v) is 5.92. The van der Waals surface area contributed by atoms with Gasteiger partial charge in [-0.3, -0.25) is 4.72 Å². The molecule has 7 heteroatoms. The molecule has 0 spiro atoms. The fraction of sp³-hybridized carbons (Fsp3) is 0.500. The lowest BCUT2D eigenvalue weighted by Gasteiger charge is -2.12. The second-order valence-corrected chi connectivity index (χ2v) is 8.18. The summed E-state index contributed by atoms with van der Waals surface area (Å²) in [6, 6.07) is 7.11. The Morgan fingerprint density at radius 3 is 2.52 bits per heavy atom. The van der Waals surface area contributed by atoms with Gasteiger partial charge < -0.3 is 0 Å². The third-order valence-electron chi connectivity index (χ3n) is 3.83. The molecule has 1 N–H and O–H groups in total. The van der Waals surface area contributed by atoms with E-state index in [1.165, 1.54) is 36.8 Å². The molecule has 0 radical (unpaired) electrons. The Bertz CT molecular complexity index is 683. The highest BCUT2D eigenvalue weighted by molar-refractivity contribution is 7.93. The highest BCUT2D eigenvalue weighted by Gasteiger charge is 2.16. The first-order valence-electron chi connectivity index (χ1n) is 7.92. The number of hydrogen-bond acceptors (Lipinski definition) is 5. The summed E-state index contributed by atoms with van der Waals surface area (Å²) in [4.78, 5) is 0.245. The predicted octanol–water partition coefficient (Wildman–Crippen LogP) is 4.41. The molecule has 1 atom stereocenters. The zero-order valence-electron chi connectivity index (χ0n) is 13.5. The van der Waals surface area contributed by atoms with E-state index in [1.807, 2.05) is 12.1 Å². The second kappa shape index (κ2) is 8.40. The van der Waals surface area contributed by atoms with Gasteiger partial charge >= 0.3 is 0 Å². The summed E-state index contributed by atoms with van der Waals surface area (Å²) < 4.78 is 26.9. The molecule has 0 saturated heterocycles. The maximum absolute atomic E-state index is 12.3. The Morgan fingerprint density at radius 2 is 1.91 bits per heavy atom. The Labute approximate surface area is 142 Å². The quantitative estimate of drug-likeness (QED) is 0.678. The first kappa shape index (κ1) is 17.9. The average Bonchev–Trinajstić information content (AvgIpc) is 3.04. The van der Waals surface area contributed by atoms with Crippen molar-refractivity contribution >= 4 is 26.5 Å². The lowest BCUT2D eigenvalue weighted by molar-refractivity contribution is 0.579. The van der Waals surface area contributed by atoms with Crippen LogP contribution >= 0.6 is 11.3 Å². The van der Waals surface area contributed by atoms with Crippen molar-refractivity contribution in [1.29, 1.82) is 0 Å². The van der Waals surface area contributed by atoms with Crippen molar-refractivity contribution in [2.75, 3.05) is 4.72 Å². The van der Waals surface area contributed by atoms with Gasteiger partial charge in [0.25, 0.3) is 10.0 Å². The van der Waals surface area contributed by atoms with Crippen molar-refractivity contribution in [1.82, 2.24) is 10.2 Å². The number of aromatic nitrogens is 2. The summed E-state index contributed by atoms with van der Waals surface area (Å²) in [7, 11) is -3.59. The van der Waals surface area contributed by atoms with Crippen LogP contribution in [-0.4, -0.2) is 18.6 Å². The molecule has 0 saturated carbocycles. The Morgan fingerprint density at radius 1 is 1.17 bits per heavy atom. The number of hydrogen-bond donors (Lipinski definition) is 1. The highest BCUT2D eigenvalue weighted by Crippen LogP contribution is 2.24. The van der Waals surface area contributed by atoms with Crippen LogP contribution in [0.4, 0.5) is 5.13 Å². The molecule has 0 bridgehead atoms. The van der Waals surface area contributed by atoms with E-state index in [9.17, 15) is 8.42 Å². The Balaban J connectivity index is 1.98. The monoisotopic (exact) mass is 353 g/mol. The number of benzene rings is 1. The van der Waals surface area contributed by atoms with Crippen LogP contribution in [0, 0.1) is 0 Å². The number of sulfonamides is 1. The summed E-state index contributed by atoms with van der Waals surface area (Å²) in [5, 5.41) is 7.60. The number of anilines is 1. The first-order valence-corrected chi connectivity index (χ1v) is 10.3. The zero-order chi connectivity index (χ0) is 16.7. The van der Waals surface area contributed by atoms with Crippen molar-refractivity contribution in [3.8, 4) is 0 Å². The summed E-state index contributed by atoms with van der Waals surface area (Å²) in [5.41, 5.74) is 2.66. The van der Waals surface area contributed by atoms with Gasteiger partial charge in [0.1, 0.15) is 5.51 Å². The molecule has 1 heterocycles. The smallest absolute Gasteiger partial charge is 0.253 e. The average molecular weight is 354 g/mol. The van der Waals surface area contributed by atoms with Crippen LogP contribution in [-0.2, 0) is 10.0 Å². The van der Waals surface area contributed by atoms with Crippen molar-refractivity contribution < 1.29 is 8.42 Å². The molecule has 1 unspecified atom stereocenters. The van der Waals surface area contributed by atoms with Crippen molar-refractivity contribution in [3.63, 3.8) is 0 Å². The van der Waals surface area contributed by atoms with Gasteiger partial charge in [-0.1, -0.05) is 63.0 Å². The number of nitrogens with zero attached hydrogens (tertiary/aromatic N) is 2. The molecule has 2 rings (SSSR count). The summed E-state index contributed by atoms with van der Waals surface area (Å²) in [5.74, 6) is 0.444. The molecule has 1 aromatic carbocycles. The molecule has 0 fully saturated rings. The van der Waals surface area contributed by atoms with Crippen LogP contribution in [0.5, 0.6) is 0 Å². The van der Waals surface area contributed by atoms with Crippen LogP contribution < -0.4 is 4.72 Å². The second-order valence-electron chi connectivity index (χ2n) is 5.67. The molecule has 0 amide bonds. The van der Waals surface area contributed by atoms with E-state index in [4.69, 9.17) is 0 Å². The standard InChI is InChI=1S/C16H23N3O2S2/c1-3-4-5-6-7-13(2)14-8-10-15(11-9-14)23(20,21)19-16-18-17-12-22-16/h8-13H,3-7H2,1-2H3,(H,18,19). The maximum atomic E-state index is 12.3. The topological polar surface area (TPSA) is 72.0 Å². The summed E-state index contributed by atoms with van der Waals surface area (Å²) in [6.07, 6.45) is 6.13. The van der Waals surface area contributed by atoms with Gasteiger partial charge in [0.2, 0.25) is 5.13 Å². The predicted molar refractivity (Wildman–Crippen MR) is 94.3 cm³/mol. The zero-order valence-corrected chi connectivity index (χ0v) is 15.2. The van der Waals surface area contributed by atoms with Crippen LogP contribution in [0.3, 0.4) is 0 Å². The maximum Gasteiger partial charge on any atom is 0.263 e. The van der Waals surface area contributed by atoms with Crippen molar-refractivity contribution in [3.05, 3.63) is 35.3 Å². The normalized spacial score (nSPS) is 13.0. The van der Waals surface area contributed by atoms with Crippen LogP contribution in [0.25, 0.3) is 0 Å². The third kappa shape index (κ3) is 5.28. The van der Waals surface area contributed by atoms with Gasteiger partial charge in [0, 0.05) is 0 Å². The van der Waals surface area contributed by atoms with Gasteiger partial charge in [-0.15, -0.1) is 10.2 Å². The van der Waals surface area contributed by atoms with Gasteiger partial charge in [0.15, 0.2) is 0 Å². The van der Waals surface area contributed by atoms with E-state index in [1.54, 1.807) is 12.1 Å². The summed E-state index contributed by atoms with van der Waals surface area (Å²) in [6.45, 7) is 4.40. The molecule has 0 aliphatic carbocycles. The minimum Gasteiger partial charge on any atom is -0.253 e. The first-order chi connectivity index (χ1) is 11.0. The number of nitrogens with one attached hydrogen (secondary N) is 1. The largest absolute Gasteiger partial charge is 0.263 e. The molecule has 2 aromatic rings. The van der Waals surface area contributed by atoms with Gasteiger partial charge in [-0.25, -0.2) is 8.42 Å². The fourth-order valence-corrected chi connectivity index (χ4v) is 4.10. The van der Waals surface area contributed by atoms with Crippen LogP contribution in [0.1, 0.15) is 57.4 Å². The number of rotatable bonds is 9.